The fourth-order valence-corrected chi connectivity index (χ4v) is 10.7. The van der Waals surface area contributed by atoms with Crippen molar-refractivity contribution in [3.05, 3.63) is 230 Å². The molecule has 0 unspecified atom stereocenters. The van der Waals surface area contributed by atoms with Gasteiger partial charge in [0.1, 0.15) is 11.2 Å². The van der Waals surface area contributed by atoms with E-state index < -0.39 is 0 Å². The first kappa shape index (κ1) is 36.5. The summed E-state index contributed by atoms with van der Waals surface area (Å²) in [6.45, 7) is 4.70. The van der Waals surface area contributed by atoms with Crippen LogP contribution in [0, 0.1) is 0 Å². The van der Waals surface area contributed by atoms with Gasteiger partial charge in [0, 0.05) is 44.2 Å². The fraction of sp³-hybridized carbons (Fsp3) is 0.0492. The van der Waals surface area contributed by atoms with Gasteiger partial charge in [-0.2, -0.15) is 0 Å². The number of hydrogen-bond acceptors (Lipinski definition) is 2. The molecule has 0 N–H and O–H groups in total. The summed E-state index contributed by atoms with van der Waals surface area (Å²) in [6.07, 6.45) is 0. The Balaban J connectivity index is 0.981. The topological polar surface area (TPSA) is 21.3 Å². The maximum Gasteiger partial charge on any atom is 0.145 e. The van der Waals surface area contributed by atoms with E-state index >= 15 is 0 Å². The van der Waals surface area contributed by atoms with Crippen LogP contribution in [0.5, 0.6) is 0 Å². The van der Waals surface area contributed by atoms with Crippen molar-refractivity contribution >= 4 is 71.6 Å². The van der Waals surface area contributed by atoms with E-state index in [0.29, 0.717) is 0 Å². The second-order valence-electron chi connectivity index (χ2n) is 17.7. The zero-order valence-electron chi connectivity index (χ0n) is 35.6. The Hall–Kier alpha value is -8.14. The average Bonchev–Trinajstić information content (AvgIpc) is 3.98. The monoisotopic (exact) mass is 818 g/mol. The van der Waals surface area contributed by atoms with Crippen LogP contribution >= 0.6 is 0 Å². The third-order valence-electron chi connectivity index (χ3n) is 13.8. The van der Waals surface area contributed by atoms with Crippen molar-refractivity contribution in [2.45, 2.75) is 19.3 Å². The first-order valence-corrected chi connectivity index (χ1v) is 22.2. The highest BCUT2D eigenvalue weighted by Crippen LogP contribution is 2.51. The molecule has 0 bridgehead atoms. The summed E-state index contributed by atoms with van der Waals surface area (Å²) in [7, 11) is 0. The molecule has 0 radical (unpaired) electrons. The third-order valence-corrected chi connectivity index (χ3v) is 13.8. The van der Waals surface area contributed by atoms with Crippen LogP contribution in [0.25, 0.3) is 93.6 Å². The summed E-state index contributed by atoms with van der Waals surface area (Å²) in [5, 5.41) is 7.07. The van der Waals surface area contributed by atoms with Crippen LogP contribution in [0.15, 0.2) is 223 Å². The summed E-state index contributed by atoms with van der Waals surface area (Å²) in [4.78, 5) is 2.42. The SMILES string of the molecule is CC1(C)c2ccccc2-c2ccc(-c3cccc(N(c4ccc5ccccc5c4)c4ccc(-c5ccc(-n6c7ccccc7c7ccccc76)cc5)c5oc6ccccc6c45)c3)cc21. The molecule has 0 saturated heterocycles. The van der Waals surface area contributed by atoms with Crippen molar-refractivity contribution in [1.82, 2.24) is 4.57 Å². The van der Waals surface area contributed by atoms with E-state index in [0.717, 1.165) is 55.8 Å². The van der Waals surface area contributed by atoms with E-state index in [1.54, 1.807) is 0 Å². The molecule has 13 rings (SSSR count). The van der Waals surface area contributed by atoms with Gasteiger partial charge in [-0.3, -0.25) is 0 Å². The van der Waals surface area contributed by atoms with Crippen LogP contribution < -0.4 is 4.90 Å². The van der Waals surface area contributed by atoms with Crippen LogP contribution in [0.2, 0.25) is 0 Å². The number of aromatic nitrogens is 1. The van der Waals surface area contributed by atoms with E-state index in [1.807, 2.05) is 0 Å². The van der Waals surface area contributed by atoms with E-state index in [1.165, 1.54) is 66.0 Å². The number of nitrogens with zero attached hydrogens (tertiary/aromatic N) is 2. The first-order valence-electron chi connectivity index (χ1n) is 22.2. The van der Waals surface area contributed by atoms with Crippen molar-refractivity contribution in [2.24, 2.45) is 0 Å². The molecular formula is C61H42N2O. The maximum atomic E-state index is 6.94. The number of fused-ring (bicyclic) bond motifs is 10. The second-order valence-corrected chi connectivity index (χ2v) is 17.7. The summed E-state index contributed by atoms with van der Waals surface area (Å²) >= 11 is 0. The lowest BCUT2D eigenvalue weighted by Gasteiger charge is -2.27. The molecule has 0 aliphatic heterocycles. The molecule has 10 aromatic carbocycles. The number of rotatable bonds is 6. The molecule has 0 saturated carbocycles. The molecule has 0 atom stereocenters. The first-order chi connectivity index (χ1) is 31.5. The highest BCUT2D eigenvalue weighted by atomic mass is 16.3. The van der Waals surface area contributed by atoms with Gasteiger partial charge in [-0.05, 0) is 123 Å². The highest BCUT2D eigenvalue weighted by Gasteiger charge is 2.35. The Labute approximate surface area is 371 Å². The molecule has 1 aliphatic rings. The van der Waals surface area contributed by atoms with Gasteiger partial charge in [-0.1, -0.05) is 159 Å². The van der Waals surface area contributed by atoms with Gasteiger partial charge in [-0.15, -0.1) is 0 Å². The van der Waals surface area contributed by atoms with Gasteiger partial charge >= 0.3 is 0 Å². The Morgan fingerprint density at radius 1 is 0.422 bits per heavy atom. The van der Waals surface area contributed by atoms with Crippen molar-refractivity contribution in [3.63, 3.8) is 0 Å². The average molecular weight is 819 g/mol. The van der Waals surface area contributed by atoms with E-state index in [9.17, 15) is 0 Å². The van der Waals surface area contributed by atoms with Gasteiger partial charge < -0.3 is 13.9 Å². The van der Waals surface area contributed by atoms with Crippen molar-refractivity contribution < 1.29 is 4.42 Å². The van der Waals surface area contributed by atoms with E-state index in [4.69, 9.17) is 4.42 Å². The molecule has 12 aromatic rings. The van der Waals surface area contributed by atoms with Gasteiger partial charge in [0.05, 0.1) is 22.1 Å². The lowest BCUT2D eigenvalue weighted by Crippen LogP contribution is -2.14. The van der Waals surface area contributed by atoms with Crippen LogP contribution in [0.1, 0.15) is 25.0 Å². The quantitative estimate of drug-likeness (QED) is 0.167. The molecule has 2 aromatic heterocycles. The minimum atomic E-state index is -0.0856. The molecule has 3 heteroatoms. The second kappa shape index (κ2) is 13.9. The molecule has 64 heavy (non-hydrogen) atoms. The number of hydrogen-bond donors (Lipinski definition) is 0. The molecule has 3 nitrogen and oxygen atoms in total. The Kier molecular flexibility index (Phi) is 7.95. The van der Waals surface area contributed by atoms with Crippen LogP contribution in [-0.4, -0.2) is 4.57 Å². The van der Waals surface area contributed by atoms with Gasteiger partial charge in [-0.25, -0.2) is 0 Å². The summed E-state index contributed by atoms with van der Waals surface area (Å²) in [6, 6.07) is 79.6. The molecule has 302 valence electrons. The fourth-order valence-electron chi connectivity index (χ4n) is 10.7. The van der Waals surface area contributed by atoms with Crippen LogP contribution in [0.3, 0.4) is 0 Å². The molecule has 0 spiro atoms. The van der Waals surface area contributed by atoms with Crippen molar-refractivity contribution in [2.75, 3.05) is 4.90 Å². The number of furan rings is 1. The lowest BCUT2D eigenvalue weighted by atomic mass is 9.81. The summed E-state index contributed by atoms with van der Waals surface area (Å²) < 4.78 is 9.31. The lowest BCUT2D eigenvalue weighted by molar-refractivity contribution is 0.660. The normalized spacial score (nSPS) is 13.0. The van der Waals surface area contributed by atoms with Crippen molar-refractivity contribution in [1.29, 1.82) is 0 Å². The predicted octanol–water partition coefficient (Wildman–Crippen LogP) is 16.9. The van der Waals surface area contributed by atoms with Crippen LogP contribution in [0.4, 0.5) is 17.1 Å². The van der Waals surface area contributed by atoms with Crippen LogP contribution in [-0.2, 0) is 5.41 Å². The van der Waals surface area contributed by atoms with Gasteiger partial charge in [0.25, 0.3) is 0 Å². The largest absolute Gasteiger partial charge is 0.455 e. The molecular weight excluding hydrogens is 777 g/mol. The summed E-state index contributed by atoms with van der Waals surface area (Å²) in [5.74, 6) is 0. The number of para-hydroxylation sites is 3. The zero-order valence-corrected chi connectivity index (χ0v) is 35.6. The van der Waals surface area contributed by atoms with Gasteiger partial charge in [0.2, 0.25) is 0 Å². The predicted molar refractivity (Wildman–Crippen MR) is 269 cm³/mol. The van der Waals surface area contributed by atoms with Gasteiger partial charge in [0.15, 0.2) is 0 Å². The molecule has 0 amide bonds. The highest BCUT2D eigenvalue weighted by molar-refractivity contribution is 6.17. The molecule has 1 aliphatic carbocycles. The Morgan fingerprint density at radius 2 is 1.05 bits per heavy atom. The summed E-state index contributed by atoms with van der Waals surface area (Å²) in [5.41, 5.74) is 18.3. The molecule has 0 fully saturated rings. The standard InChI is InChI=1S/C61H42N2O/c1-61(2)53-22-9-5-18-48(53)49-33-29-43(38-54(49)61)42-16-13-17-45(37-42)62(46-32-26-39-14-3-4-15-41(39)36-46)57-35-34-47(60-59(57)52-21-8-12-25-58(52)64-60)40-27-30-44(31-28-40)63-55-23-10-6-19-50(55)51-20-7-11-24-56(51)63/h3-38H,1-2H3. The third kappa shape index (κ3) is 5.47. The smallest absolute Gasteiger partial charge is 0.145 e. The maximum absolute atomic E-state index is 6.94. The van der Waals surface area contributed by atoms with Crippen molar-refractivity contribution in [3.8, 4) is 39.1 Å². The Morgan fingerprint density at radius 3 is 1.86 bits per heavy atom. The Bertz CT molecular complexity index is 3770. The molecule has 2 heterocycles. The number of anilines is 3. The minimum absolute atomic E-state index is 0.0856. The zero-order chi connectivity index (χ0) is 42.5. The van der Waals surface area contributed by atoms with E-state index in [2.05, 4.69) is 242 Å². The van der Waals surface area contributed by atoms with E-state index in [-0.39, 0.29) is 5.41 Å². The minimum Gasteiger partial charge on any atom is -0.455 e. The number of benzene rings is 10.